The van der Waals surface area contributed by atoms with Crippen LogP contribution in [0.3, 0.4) is 0 Å². The Balaban J connectivity index is 1.76. The van der Waals surface area contributed by atoms with Crippen molar-refractivity contribution in [1.29, 1.82) is 5.26 Å². The molecule has 0 saturated carbocycles. The van der Waals surface area contributed by atoms with Gasteiger partial charge in [0, 0.05) is 44.2 Å². The molecule has 12 heteroatoms. The summed E-state index contributed by atoms with van der Waals surface area (Å²) < 4.78 is 4.98. The van der Waals surface area contributed by atoms with Crippen LogP contribution in [0.5, 0.6) is 0 Å². The Hall–Kier alpha value is -4.53. The predicted molar refractivity (Wildman–Crippen MR) is 125 cm³/mol. The summed E-state index contributed by atoms with van der Waals surface area (Å²) in [6.07, 6.45) is -0.951. The first kappa shape index (κ1) is 26.1. The lowest BCUT2D eigenvalue weighted by Crippen LogP contribution is -2.56. The van der Waals surface area contributed by atoms with E-state index in [0.29, 0.717) is 5.56 Å². The Kier molecular flexibility index (Phi) is 8.88. The minimum Gasteiger partial charge on any atom is -0.481 e. The van der Waals surface area contributed by atoms with E-state index < -0.39 is 29.9 Å². The summed E-state index contributed by atoms with van der Waals surface area (Å²) in [5.41, 5.74) is 0.444. The minimum absolute atomic E-state index is 0.0301. The standard InChI is InChI=1S/C24H26N6O6/c1-2-36-24(35)30-12-10-29(11-13-30)23(34)18(8-9-20(31)32)28-22(33)19-14-17(15-25)26-21(27-19)16-6-4-3-5-7-16/h3-7,14,18H,2,8-13H2,1H3,(H,28,33)(H,31,32)/t18-/m0/s1. The second-order valence-corrected chi connectivity index (χ2v) is 7.91. The first-order valence-corrected chi connectivity index (χ1v) is 11.4. The van der Waals surface area contributed by atoms with Gasteiger partial charge in [-0.15, -0.1) is 0 Å². The van der Waals surface area contributed by atoms with Crippen LogP contribution >= 0.6 is 0 Å². The zero-order chi connectivity index (χ0) is 26.1. The minimum atomic E-state index is -1.14. The average molecular weight is 495 g/mol. The van der Waals surface area contributed by atoms with E-state index in [2.05, 4.69) is 15.3 Å². The first-order chi connectivity index (χ1) is 17.3. The number of nitrogens with zero attached hydrogens (tertiary/aromatic N) is 5. The maximum Gasteiger partial charge on any atom is 0.409 e. The lowest BCUT2D eigenvalue weighted by atomic mass is 10.1. The Morgan fingerprint density at radius 3 is 2.39 bits per heavy atom. The van der Waals surface area contributed by atoms with E-state index in [9.17, 15) is 24.4 Å². The number of carboxylic acid groups (broad SMARTS) is 1. The summed E-state index contributed by atoms with van der Waals surface area (Å²) in [6, 6.07) is 10.8. The van der Waals surface area contributed by atoms with E-state index in [1.54, 1.807) is 37.3 Å². The van der Waals surface area contributed by atoms with Gasteiger partial charge < -0.3 is 25.0 Å². The Labute approximate surface area is 207 Å². The van der Waals surface area contributed by atoms with Crippen LogP contribution in [-0.4, -0.2) is 87.6 Å². The Bertz CT molecular complexity index is 1160. The van der Waals surface area contributed by atoms with Crippen LogP contribution in [-0.2, 0) is 14.3 Å². The number of ether oxygens (including phenoxy) is 1. The molecule has 1 aromatic heterocycles. The van der Waals surface area contributed by atoms with E-state index in [-0.39, 0.29) is 62.8 Å². The average Bonchev–Trinajstić information content (AvgIpc) is 2.90. The number of piperazine rings is 1. The fraction of sp³-hybridized carbons (Fsp3) is 0.375. The number of benzene rings is 1. The van der Waals surface area contributed by atoms with Crippen LogP contribution < -0.4 is 5.32 Å². The Morgan fingerprint density at radius 1 is 1.11 bits per heavy atom. The van der Waals surface area contributed by atoms with Crippen molar-refractivity contribution in [3.8, 4) is 17.5 Å². The topological polar surface area (TPSA) is 166 Å². The summed E-state index contributed by atoms with van der Waals surface area (Å²) in [6.45, 7) is 2.87. The number of carbonyl (C=O) groups excluding carboxylic acids is 3. The molecule has 0 aliphatic carbocycles. The van der Waals surface area contributed by atoms with Crippen molar-refractivity contribution in [2.75, 3.05) is 32.8 Å². The van der Waals surface area contributed by atoms with Gasteiger partial charge >= 0.3 is 12.1 Å². The molecule has 0 unspecified atom stereocenters. The first-order valence-electron chi connectivity index (χ1n) is 11.4. The van der Waals surface area contributed by atoms with Gasteiger partial charge in [0.2, 0.25) is 5.91 Å². The van der Waals surface area contributed by atoms with E-state index >= 15 is 0 Å². The van der Waals surface area contributed by atoms with E-state index in [1.165, 1.54) is 15.9 Å². The van der Waals surface area contributed by atoms with E-state index in [1.807, 2.05) is 6.07 Å². The molecule has 2 N–H and O–H groups in total. The largest absolute Gasteiger partial charge is 0.481 e. The molecule has 188 valence electrons. The molecule has 3 rings (SSSR count). The molecular weight excluding hydrogens is 468 g/mol. The fourth-order valence-electron chi connectivity index (χ4n) is 3.64. The number of amides is 3. The summed E-state index contributed by atoms with van der Waals surface area (Å²) in [4.78, 5) is 60.7. The fourth-order valence-corrected chi connectivity index (χ4v) is 3.64. The maximum atomic E-state index is 13.2. The number of nitriles is 1. The lowest BCUT2D eigenvalue weighted by Gasteiger charge is -2.35. The van der Waals surface area contributed by atoms with Crippen LogP contribution in [0.1, 0.15) is 35.9 Å². The number of hydrogen-bond acceptors (Lipinski definition) is 8. The molecular formula is C24H26N6O6. The summed E-state index contributed by atoms with van der Waals surface area (Å²) in [5.74, 6) is -2.15. The molecule has 0 bridgehead atoms. The number of carboxylic acids is 1. The zero-order valence-corrected chi connectivity index (χ0v) is 19.7. The number of hydrogen-bond donors (Lipinski definition) is 2. The van der Waals surface area contributed by atoms with Gasteiger partial charge in [-0.05, 0) is 13.3 Å². The molecule has 1 aliphatic heterocycles. The van der Waals surface area contributed by atoms with Crippen LogP contribution in [0.25, 0.3) is 11.4 Å². The molecule has 2 heterocycles. The van der Waals surface area contributed by atoms with Gasteiger partial charge in [0.1, 0.15) is 23.5 Å². The van der Waals surface area contributed by atoms with Gasteiger partial charge in [0.05, 0.1) is 6.61 Å². The van der Waals surface area contributed by atoms with Gasteiger partial charge in [-0.1, -0.05) is 30.3 Å². The highest BCUT2D eigenvalue weighted by molar-refractivity contribution is 5.96. The van der Waals surface area contributed by atoms with Crippen molar-refractivity contribution in [2.24, 2.45) is 0 Å². The molecule has 1 aromatic carbocycles. The van der Waals surface area contributed by atoms with Crippen molar-refractivity contribution in [2.45, 2.75) is 25.8 Å². The molecule has 1 fully saturated rings. The molecule has 3 amide bonds. The van der Waals surface area contributed by atoms with Crippen molar-refractivity contribution in [3.05, 3.63) is 47.8 Å². The van der Waals surface area contributed by atoms with Gasteiger partial charge in [0.25, 0.3) is 5.91 Å². The molecule has 1 saturated heterocycles. The normalized spacial score (nSPS) is 13.9. The molecule has 36 heavy (non-hydrogen) atoms. The predicted octanol–water partition coefficient (Wildman–Crippen LogP) is 1.28. The van der Waals surface area contributed by atoms with Crippen molar-refractivity contribution >= 4 is 23.9 Å². The van der Waals surface area contributed by atoms with Crippen LogP contribution in [0.2, 0.25) is 0 Å². The quantitative estimate of drug-likeness (QED) is 0.549. The molecule has 12 nitrogen and oxygen atoms in total. The lowest BCUT2D eigenvalue weighted by molar-refractivity contribution is -0.138. The zero-order valence-electron chi connectivity index (χ0n) is 19.7. The smallest absolute Gasteiger partial charge is 0.409 e. The molecule has 2 aromatic rings. The van der Waals surface area contributed by atoms with Gasteiger partial charge in [-0.25, -0.2) is 14.8 Å². The Morgan fingerprint density at radius 2 is 1.78 bits per heavy atom. The van der Waals surface area contributed by atoms with Crippen molar-refractivity contribution in [3.63, 3.8) is 0 Å². The van der Waals surface area contributed by atoms with Crippen LogP contribution in [0, 0.1) is 11.3 Å². The molecule has 0 spiro atoms. The molecule has 1 aliphatic rings. The van der Waals surface area contributed by atoms with Gasteiger partial charge in [0.15, 0.2) is 5.82 Å². The second-order valence-electron chi connectivity index (χ2n) is 7.91. The molecule has 0 radical (unpaired) electrons. The second kappa shape index (κ2) is 12.3. The highest BCUT2D eigenvalue weighted by Crippen LogP contribution is 2.16. The highest BCUT2D eigenvalue weighted by atomic mass is 16.6. The highest BCUT2D eigenvalue weighted by Gasteiger charge is 2.31. The summed E-state index contributed by atoms with van der Waals surface area (Å²) in [7, 11) is 0. The number of aliphatic carboxylic acids is 1. The maximum absolute atomic E-state index is 13.2. The van der Waals surface area contributed by atoms with Crippen LogP contribution in [0.4, 0.5) is 4.79 Å². The third kappa shape index (κ3) is 6.75. The summed E-state index contributed by atoms with van der Waals surface area (Å²) >= 11 is 0. The SMILES string of the molecule is CCOC(=O)N1CCN(C(=O)[C@H](CCC(=O)O)NC(=O)c2cc(C#N)nc(-c3ccccc3)n2)CC1. The third-order valence-electron chi connectivity index (χ3n) is 5.47. The summed E-state index contributed by atoms with van der Waals surface area (Å²) in [5, 5.41) is 21.1. The monoisotopic (exact) mass is 494 g/mol. The van der Waals surface area contributed by atoms with Gasteiger partial charge in [-0.3, -0.25) is 14.4 Å². The number of rotatable bonds is 8. The third-order valence-corrected chi connectivity index (χ3v) is 5.47. The van der Waals surface area contributed by atoms with Crippen LogP contribution in [0.15, 0.2) is 36.4 Å². The van der Waals surface area contributed by atoms with Crippen molar-refractivity contribution < 1.29 is 29.0 Å². The van der Waals surface area contributed by atoms with Crippen molar-refractivity contribution in [1.82, 2.24) is 25.1 Å². The number of carbonyl (C=O) groups is 4. The molecule has 1 atom stereocenters. The van der Waals surface area contributed by atoms with E-state index in [0.717, 1.165) is 0 Å². The number of aromatic nitrogens is 2. The van der Waals surface area contributed by atoms with E-state index in [4.69, 9.17) is 9.84 Å². The number of nitrogens with one attached hydrogen (secondary N) is 1. The van der Waals surface area contributed by atoms with Gasteiger partial charge in [-0.2, -0.15) is 5.26 Å².